The SMILES string of the molecule is C[C@H](OS(=O)(=O)O)[C@H]1CC[C@H]2[C@@H]3CCC4=CC(=O)CC[C@]4(C)[C@H]3CC[C@]12C. The Balaban J connectivity index is 1.59. The first-order valence-corrected chi connectivity index (χ1v) is 11.8. The lowest BCUT2D eigenvalue weighted by Crippen LogP contribution is -2.51. The second-order valence-corrected chi connectivity index (χ2v) is 11.0. The van der Waals surface area contributed by atoms with Crippen molar-refractivity contribution in [2.45, 2.75) is 78.2 Å². The maximum Gasteiger partial charge on any atom is 0.397 e. The van der Waals surface area contributed by atoms with Gasteiger partial charge in [-0.2, -0.15) is 8.42 Å². The molecule has 7 atom stereocenters. The molecule has 4 aliphatic rings. The van der Waals surface area contributed by atoms with Crippen LogP contribution in [0.25, 0.3) is 0 Å². The molecule has 0 amide bonds. The van der Waals surface area contributed by atoms with E-state index in [1.807, 2.05) is 6.08 Å². The molecule has 0 heterocycles. The largest absolute Gasteiger partial charge is 0.397 e. The fraction of sp³-hybridized carbons (Fsp3) is 0.857. The van der Waals surface area contributed by atoms with Crippen LogP contribution in [-0.4, -0.2) is 24.9 Å². The monoisotopic (exact) mass is 396 g/mol. The van der Waals surface area contributed by atoms with Gasteiger partial charge in [0.1, 0.15) is 0 Å². The molecular formula is C21H32O5S. The van der Waals surface area contributed by atoms with Gasteiger partial charge >= 0.3 is 10.4 Å². The molecule has 0 aromatic carbocycles. The number of carbonyl (C=O) groups excluding carboxylic acids is 1. The maximum absolute atomic E-state index is 11.9. The maximum atomic E-state index is 11.9. The third-order valence-corrected chi connectivity index (χ3v) is 9.42. The van der Waals surface area contributed by atoms with Gasteiger partial charge in [0.2, 0.25) is 0 Å². The topological polar surface area (TPSA) is 80.7 Å². The van der Waals surface area contributed by atoms with Crippen molar-refractivity contribution < 1.29 is 21.9 Å². The summed E-state index contributed by atoms with van der Waals surface area (Å²) >= 11 is 0. The third kappa shape index (κ3) is 3.12. The van der Waals surface area contributed by atoms with E-state index in [1.54, 1.807) is 6.92 Å². The number of allylic oxidation sites excluding steroid dienone is 1. The highest BCUT2D eigenvalue weighted by molar-refractivity contribution is 7.80. The molecule has 0 aromatic rings. The first-order chi connectivity index (χ1) is 12.5. The highest BCUT2D eigenvalue weighted by Gasteiger charge is 2.59. The lowest BCUT2D eigenvalue weighted by molar-refractivity contribution is -0.117. The zero-order chi connectivity index (χ0) is 19.6. The van der Waals surface area contributed by atoms with Crippen molar-refractivity contribution in [1.29, 1.82) is 0 Å². The molecule has 27 heavy (non-hydrogen) atoms. The molecule has 0 saturated heterocycles. The Morgan fingerprint density at radius 2 is 1.85 bits per heavy atom. The first-order valence-electron chi connectivity index (χ1n) is 10.4. The minimum atomic E-state index is -4.42. The summed E-state index contributed by atoms with van der Waals surface area (Å²) < 4.78 is 36.5. The predicted molar refractivity (Wildman–Crippen MR) is 102 cm³/mol. The molecule has 0 bridgehead atoms. The molecule has 6 heteroatoms. The number of carbonyl (C=O) groups is 1. The molecule has 3 saturated carbocycles. The predicted octanol–water partition coefficient (Wildman–Crippen LogP) is 4.34. The van der Waals surface area contributed by atoms with Gasteiger partial charge in [0, 0.05) is 6.42 Å². The fourth-order valence-corrected chi connectivity index (χ4v) is 8.15. The van der Waals surface area contributed by atoms with Gasteiger partial charge in [0.25, 0.3) is 0 Å². The van der Waals surface area contributed by atoms with E-state index >= 15 is 0 Å². The average molecular weight is 397 g/mol. The van der Waals surface area contributed by atoms with Gasteiger partial charge < -0.3 is 0 Å². The Morgan fingerprint density at radius 1 is 1.11 bits per heavy atom. The summed E-state index contributed by atoms with van der Waals surface area (Å²) in [5, 5.41) is 0. The minimum Gasteiger partial charge on any atom is -0.295 e. The molecule has 4 aliphatic carbocycles. The molecule has 0 spiro atoms. The minimum absolute atomic E-state index is 0.0628. The molecule has 0 radical (unpaired) electrons. The van der Waals surface area contributed by atoms with Crippen molar-refractivity contribution in [3.8, 4) is 0 Å². The standard InChI is InChI=1S/C21H32O5S/c1-13(26-27(23,24)25)17-6-7-18-16-5-4-14-12-15(22)8-10-20(14,2)19(16)9-11-21(17,18)3/h12-13,16-19H,4-11H2,1-3H3,(H,23,24,25)/t13-,16-,17+,18-,19-,20-,21+/m0/s1. The van der Waals surface area contributed by atoms with Crippen LogP contribution in [0.4, 0.5) is 0 Å². The summed E-state index contributed by atoms with van der Waals surface area (Å²) in [5.74, 6) is 2.29. The fourth-order valence-electron chi connectivity index (χ4n) is 7.63. The molecule has 0 unspecified atom stereocenters. The first kappa shape index (κ1) is 19.6. The van der Waals surface area contributed by atoms with Crippen LogP contribution in [-0.2, 0) is 19.4 Å². The lowest BCUT2D eigenvalue weighted by atomic mass is 9.46. The van der Waals surface area contributed by atoms with Crippen LogP contribution >= 0.6 is 0 Å². The van der Waals surface area contributed by atoms with Crippen LogP contribution in [0.2, 0.25) is 0 Å². The molecule has 5 nitrogen and oxygen atoms in total. The van der Waals surface area contributed by atoms with Crippen molar-refractivity contribution in [3.05, 3.63) is 11.6 Å². The average Bonchev–Trinajstić information content (AvgIpc) is 2.91. The Hall–Kier alpha value is -0.720. The van der Waals surface area contributed by atoms with E-state index in [0.717, 1.165) is 44.9 Å². The van der Waals surface area contributed by atoms with Gasteiger partial charge in [-0.05, 0) is 92.4 Å². The van der Waals surface area contributed by atoms with E-state index < -0.39 is 16.5 Å². The van der Waals surface area contributed by atoms with Gasteiger partial charge in [-0.15, -0.1) is 0 Å². The van der Waals surface area contributed by atoms with Gasteiger partial charge in [0.15, 0.2) is 5.78 Å². The lowest BCUT2D eigenvalue weighted by Gasteiger charge is -2.58. The van der Waals surface area contributed by atoms with Crippen LogP contribution in [0.5, 0.6) is 0 Å². The second kappa shape index (κ2) is 6.39. The number of hydrogen-bond donors (Lipinski definition) is 1. The van der Waals surface area contributed by atoms with Gasteiger partial charge in [-0.1, -0.05) is 19.4 Å². The number of hydrogen-bond acceptors (Lipinski definition) is 4. The normalized spacial score (nSPS) is 45.5. The van der Waals surface area contributed by atoms with E-state index in [9.17, 15) is 13.2 Å². The molecule has 152 valence electrons. The van der Waals surface area contributed by atoms with E-state index in [4.69, 9.17) is 8.74 Å². The quantitative estimate of drug-likeness (QED) is 0.718. The van der Waals surface area contributed by atoms with E-state index in [1.165, 1.54) is 5.57 Å². The molecular weight excluding hydrogens is 364 g/mol. The van der Waals surface area contributed by atoms with Crippen molar-refractivity contribution in [2.75, 3.05) is 0 Å². The van der Waals surface area contributed by atoms with Crippen molar-refractivity contribution in [3.63, 3.8) is 0 Å². The number of rotatable bonds is 3. The van der Waals surface area contributed by atoms with Gasteiger partial charge in [0.05, 0.1) is 6.10 Å². The van der Waals surface area contributed by atoms with E-state index in [2.05, 4.69) is 13.8 Å². The van der Waals surface area contributed by atoms with E-state index in [0.29, 0.717) is 30.0 Å². The summed E-state index contributed by atoms with van der Waals surface area (Å²) in [6, 6.07) is 0. The van der Waals surface area contributed by atoms with Crippen molar-refractivity contribution in [2.24, 2.45) is 34.5 Å². The zero-order valence-corrected chi connectivity index (χ0v) is 17.4. The summed E-state index contributed by atoms with van der Waals surface area (Å²) in [5.41, 5.74) is 1.60. The second-order valence-electron chi connectivity index (χ2n) is 9.93. The highest BCUT2D eigenvalue weighted by Crippen LogP contribution is 2.67. The van der Waals surface area contributed by atoms with Gasteiger partial charge in [-0.25, -0.2) is 4.18 Å². The summed E-state index contributed by atoms with van der Waals surface area (Å²) in [7, 11) is -4.42. The van der Waals surface area contributed by atoms with Gasteiger partial charge in [-0.3, -0.25) is 9.35 Å². The van der Waals surface area contributed by atoms with E-state index in [-0.39, 0.29) is 16.7 Å². The Bertz CT molecular complexity index is 771. The molecule has 0 aliphatic heterocycles. The Morgan fingerprint density at radius 3 is 2.56 bits per heavy atom. The third-order valence-electron chi connectivity index (χ3n) is 8.88. The van der Waals surface area contributed by atoms with Crippen LogP contribution in [0.1, 0.15) is 72.1 Å². The Labute approximate surface area is 162 Å². The molecule has 3 fully saturated rings. The molecule has 1 N–H and O–H groups in total. The summed E-state index contributed by atoms with van der Waals surface area (Å²) in [6.45, 7) is 6.47. The summed E-state index contributed by atoms with van der Waals surface area (Å²) in [6.07, 6.45) is 9.53. The number of ketones is 1. The van der Waals surface area contributed by atoms with Crippen molar-refractivity contribution >= 4 is 16.2 Å². The van der Waals surface area contributed by atoms with Crippen LogP contribution in [0.15, 0.2) is 11.6 Å². The smallest absolute Gasteiger partial charge is 0.295 e. The van der Waals surface area contributed by atoms with Crippen molar-refractivity contribution in [1.82, 2.24) is 0 Å². The van der Waals surface area contributed by atoms with Crippen LogP contribution in [0, 0.1) is 34.5 Å². The highest BCUT2D eigenvalue weighted by atomic mass is 32.3. The molecule has 0 aromatic heterocycles. The zero-order valence-electron chi connectivity index (χ0n) is 16.6. The van der Waals surface area contributed by atoms with Crippen LogP contribution in [0.3, 0.4) is 0 Å². The van der Waals surface area contributed by atoms with Crippen LogP contribution < -0.4 is 0 Å². The summed E-state index contributed by atoms with van der Waals surface area (Å²) in [4.78, 5) is 11.9. The number of fused-ring (bicyclic) bond motifs is 5. The Kier molecular flexibility index (Phi) is 4.64. The molecule has 4 rings (SSSR count).